The maximum absolute atomic E-state index is 12.5. The van der Waals surface area contributed by atoms with Crippen LogP contribution < -0.4 is 15.0 Å². The van der Waals surface area contributed by atoms with E-state index < -0.39 is 0 Å². The fourth-order valence-corrected chi connectivity index (χ4v) is 3.26. The molecule has 2 aliphatic rings. The molecule has 2 saturated heterocycles. The van der Waals surface area contributed by atoms with Crippen LogP contribution in [0.3, 0.4) is 0 Å². The molecule has 0 saturated carbocycles. The van der Waals surface area contributed by atoms with Gasteiger partial charge in [-0.25, -0.2) is 0 Å². The van der Waals surface area contributed by atoms with Crippen molar-refractivity contribution < 1.29 is 19.1 Å². The molecule has 1 unspecified atom stereocenters. The average molecular weight is 347 g/mol. The smallest absolute Gasteiger partial charge is 0.244 e. The largest absolute Gasteiger partial charge is 0.495 e. The van der Waals surface area contributed by atoms with Crippen LogP contribution in [-0.4, -0.2) is 62.7 Å². The molecule has 0 aromatic heterocycles. The molecular weight excluding hydrogens is 322 g/mol. The van der Waals surface area contributed by atoms with E-state index in [0.717, 1.165) is 17.8 Å². The van der Waals surface area contributed by atoms with E-state index >= 15 is 0 Å². The molecule has 0 radical (unpaired) electrons. The molecule has 136 valence electrons. The molecule has 3 rings (SSSR count). The van der Waals surface area contributed by atoms with Crippen LogP contribution in [0.1, 0.15) is 19.8 Å². The SMILES string of the molecule is COc1ccc(NC(C)C(=O)N2CCOCC2)cc1N1CCCC1=O. The number of hydrogen-bond acceptors (Lipinski definition) is 5. The Kier molecular flexibility index (Phi) is 5.43. The van der Waals surface area contributed by atoms with Gasteiger partial charge in [0.25, 0.3) is 0 Å². The van der Waals surface area contributed by atoms with Crippen molar-refractivity contribution in [3.63, 3.8) is 0 Å². The summed E-state index contributed by atoms with van der Waals surface area (Å²) in [6.07, 6.45) is 1.41. The Morgan fingerprint density at radius 3 is 2.68 bits per heavy atom. The van der Waals surface area contributed by atoms with E-state index in [9.17, 15) is 9.59 Å². The van der Waals surface area contributed by atoms with Crippen LogP contribution in [0, 0.1) is 0 Å². The first-order valence-electron chi connectivity index (χ1n) is 8.71. The molecule has 1 aromatic rings. The van der Waals surface area contributed by atoms with Crippen LogP contribution in [0.25, 0.3) is 0 Å². The van der Waals surface area contributed by atoms with Crippen molar-refractivity contribution in [2.75, 3.05) is 50.2 Å². The van der Waals surface area contributed by atoms with Gasteiger partial charge in [0.05, 0.1) is 26.0 Å². The van der Waals surface area contributed by atoms with Crippen LogP contribution in [0.15, 0.2) is 18.2 Å². The normalized spacial score (nSPS) is 19.0. The lowest BCUT2D eigenvalue weighted by atomic mass is 10.2. The van der Waals surface area contributed by atoms with Crippen molar-refractivity contribution in [2.24, 2.45) is 0 Å². The Morgan fingerprint density at radius 2 is 2.04 bits per heavy atom. The van der Waals surface area contributed by atoms with Gasteiger partial charge in [-0.15, -0.1) is 0 Å². The minimum Gasteiger partial charge on any atom is -0.495 e. The van der Waals surface area contributed by atoms with Crippen molar-refractivity contribution in [3.05, 3.63) is 18.2 Å². The highest BCUT2D eigenvalue weighted by molar-refractivity contribution is 5.97. The van der Waals surface area contributed by atoms with Crippen LogP contribution in [0.5, 0.6) is 5.75 Å². The third-order valence-electron chi connectivity index (χ3n) is 4.62. The number of carbonyl (C=O) groups is 2. The number of methoxy groups -OCH3 is 1. The molecule has 2 amide bonds. The molecule has 1 atom stereocenters. The van der Waals surface area contributed by atoms with Gasteiger partial charge in [0.15, 0.2) is 0 Å². The summed E-state index contributed by atoms with van der Waals surface area (Å²) < 4.78 is 10.7. The molecule has 2 heterocycles. The topological polar surface area (TPSA) is 71.1 Å². The van der Waals surface area contributed by atoms with Crippen LogP contribution in [0.4, 0.5) is 11.4 Å². The van der Waals surface area contributed by atoms with Gasteiger partial charge in [-0.3, -0.25) is 9.59 Å². The number of anilines is 2. The van der Waals surface area contributed by atoms with E-state index in [-0.39, 0.29) is 17.9 Å². The lowest BCUT2D eigenvalue weighted by molar-refractivity contribution is -0.135. The molecule has 1 N–H and O–H groups in total. The summed E-state index contributed by atoms with van der Waals surface area (Å²) in [6.45, 7) is 4.97. The minimum absolute atomic E-state index is 0.0536. The standard InChI is InChI=1S/C18H25N3O4/c1-13(18(23)20-8-10-25-11-9-20)19-14-5-6-16(24-2)15(12-14)21-7-3-4-17(21)22/h5-6,12-13,19H,3-4,7-11H2,1-2H3. The van der Waals surface area contributed by atoms with E-state index in [0.29, 0.717) is 45.0 Å². The van der Waals surface area contributed by atoms with Gasteiger partial charge in [0.2, 0.25) is 11.8 Å². The first-order chi connectivity index (χ1) is 12.1. The summed E-state index contributed by atoms with van der Waals surface area (Å²) in [5, 5.41) is 3.24. The predicted octanol–water partition coefficient (Wildman–Crippen LogP) is 1.48. The second-order valence-corrected chi connectivity index (χ2v) is 6.34. The van der Waals surface area contributed by atoms with Crippen LogP contribution in [0.2, 0.25) is 0 Å². The number of carbonyl (C=O) groups excluding carboxylic acids is 2. The Bertz CT molecular complexity index is 643. The first-order valence-corrected chi connectivity index (χ1v) is 8.71. The number of benzene rings is 1. The van der Waals surface area contributed by atoms with E-state index in [1.807, 2.05) is 30.0 Å². The number of nitrogens with zero attached hydrogens (tertiary/aromatic N) is 2. The van der Waals surface area contributed by atoms with Gasteiger partial charge in [-0.1, -0.05) is 0 Å². The third-order valence-corrected chi connectivity index (χ3v) is 4.62. The fraction of sp³-hybridized carbons (Fsp3) is 0.556. The summed E-state index contributed by atoms with van der Waals surface area (Å²) in [4.78, 5) is 28.2. The lowest BCUT2D eigenvalue weighted by Crippen LogP contribution is -2.47. The van der Waals surface area contributed by atoms with Gasteiger partial charge >= 0.3 is 0 Å². The molecule has 25 heavy (non-hydrogen) atoms. The molecule has 7 heteroatoms. The van der Waals surface area contributed by atoms with Crippen molar-refractivity contribution >= 4 is 23.2 Å². The predicted molar refractivity (Wildman–Crippen MR) is 95.1 cm³/mol. The number of hydrogen-bond donors (Lipinski definition) is 1. The number of ether oxygens (including phenoxy) is 2. The van der Waals surface area contributed by atoms with E-state index in [1.165, 1.54) is 0 Å². The van der Waals surface area contributed by atoms with Crippen LogP contribution in [-0.2, 0) is 14.3 Å². The van der Waals surface area contributed by atoms with Gasteiger partial charge in [-0.05, 0) is 31.5 Å². The zero-order chi connectivity index (χ0) is 17.8. The minimum atomic E-state index is -0.353. The van der Waals surface area contributed by atoms with Crippen molar-refractivity contribution in [1.82, 2.24) is 4.90 Å². The van der Waals surface area contributed by atoms with Crippen molar-refractivity contribution in [1.29, 1.82) is 0 Å². The third kappa shape index (κ3) is 3.87. The Balaban J connectivity index is 1.73. The Morgan fingerprint density at radius 1 is 1.28 bits per heavy atom. The maximum atomic E-state index is 12.5. The highest BCUT2D eigenvalue weighted by Crippen LogP contribution is 2.34. The van der Waals surface area contributed by atoms with Crippen molar-refractivity contribution in [2.45, 2.75) is 25.8 Å². The molecule has 2 aliphatic heterocycles. The van der Waals surface area contributed by atoms with Gasteiger partial charge in [-0.2, -0.15) is 0 Å². The quantitative estimate of drug-likeness (QED) is 0.874. The zero-order valence-electron chi connectivity index (χ0n) is 14.8. The van der Waals surface area contributed by atoms with Gasteiger partial charge in [0.1, 0.15) is 11.8 Å². The lowest BCUT2D eigenvalue weighted by Gasteiger charge is -2.30. The van der Waals surface area contributed by atoms with Crippen molar-refractivity contribution in [3.8, 4) is 5.75 Å². The average Bonchev–Trinajstić information content (AvgIpc) is 3.07. The second-order valence-electron chi connectivity index (χ2n) is 6.34. The number of amides is 2. The van der Waals surface area contributed by atoms with E-state index in [1.54, 1.807) is 12.0 Å². The molecule has 7 nitrogen and oxygen atoms in total. The van der Waals surface area contributed by atoms with E-state index in [2.05, 4.69) is 5.32 Å². The number of nitrogens with one attached hydrogen (secondary N) is 1. The summed E-state index contributed by atoms with van der Waals surface area (Å²) >= 11 is 0. The fourth-order valence-electron chi connectivity index (χ4n) is 3.26. The maximum Gasteiger partial charge on any atom is 0.244 e. The molecule has 2 fully saturated rings. The zero-order valence-corrected chi connectivity index (χ0v) is 14.8. The molecular formula is C18H25N3O4. The van der Waals surface area contributed by atoms with Gasteiger partial charge < -0.3 is 24.6 Å². The second kappa shape index (κ2) is 7.74. The Hall–Kier alpha value is -2.28. The first kappa shape index (κ1) is 17.5. The summed E-state index contributed by atoms with van der Waals surface area (Å²) in [5.74, 6) is 0.818. The number of rotatable bonds is 5. The summed E-state index contributed by atoms with van der Waals surface area (Å²) in [6, 6.07) is 5.22. The molecule has 0 bridgehead atoms. The monoisotopic (exact) mass is 347 g/mol. The summed E-state index contributed by atoms with van der Waals surface area (Å²) in [7, 11) is 1.59. The summed E-state index contributed by atoms with van der Waals surface area (Å²) in [5.41, 5.74) is 1.55. The van der Waals surface area contributed by atoms with Gasteiger partial charge in [0, 0.05) is 31.7 Å². The highest BCUT2D eigenvalue weighted by atomic mass is 16.5. The molecule has 0 aliphatic carbocycles. The molecule has 0 spiro atoms. The highest BCUT2D eigenvalue weighted by Gasteiger charge is 2.26. The number of morpholine rings is 1. The van der Waals surface area contributed by atoms with Crippen LogP contribution >= 0.6 is 0 Å². The molecule has 1 aromatic carbocycles. The van der Waals surface area contributed by atoms with E-state index in [4.69, 9.17) is 9.47 Å². The Labute approximate surface area is 147 Å².